The topological polar surface area (TPSA) is 76.2 Å². The van der Waals surface area contributed by atoms with E-state index < -0.39 is 0 Å². The second-order valence-corrected chi connectivity index (χ2v) is 6.90. The highest BCUT2D eigenvalue weighted by atomic mass is 32.2. The number of amides is 1. The number of hydrogen-bond donors (Lipinski definition) is 2. The third kappa shape index (κ3) is 5.04. The first-order valence-corrected chi connectivity index (χ1v) is 9.52. The van der Waals surface area contributed by atoms with Gasteiger partial charge in [-0.25, -0.2) is 9.37 Å². The molecule has 3 aromatic rings. The molecule has 0 saturated heterocycles. The van der Waals surface area contributed by atoms with Crippen LogP contribution in [0.2, 0.25) is 0 Å². The van der Waals surface area contributed by atoms with E-state index in [9.17, 15) is 9.18 Å². The van der Waals surface area contributed by atoms with E-state index in [1.54, 1.807) is 36.5 Å². The van der Waals surface area contributed by atoms with Crippen molar-refractivity contribution in [1.82, 2.24) is 15.3 Å². The maximum atomic E-state index is 13.0. The van der Waals surface area contributed by atoms with Crippen LogP contribution in [0, 0.1) is 5.82 Å². The molecule has 2 aromatic carbocycles. The monoisotopic (exact) mass is 401 g/mol. The standard InChI is InChI=1S/C20H20FN3O3S/c1-26-16-9-14(10-17(11-16)27-2)19(25)22-7-8-28-20-23-12-18(24-20)13-3-5-15(21)6-4-13/h3-6,9-12H,7-8H2,1-2H3,(H,22,25)(H,23,24). The van der Waals surface area contributed by atoms with Gasteiger partial charge < -0.3 is 19.8 Å². The lowest BCUT2D eigenvalue weighted by atomic mass is 10.2. The molecule has 146 valence electrons. The fraction of sp³-hybridized carbons (Fsp3) is 0.200. The molecule has 0 saturated carbocycles. The summed E-state index contributed by atoms with van der Waals surface area (Å²) in [5.41, 5.74) is 2.15. The van der Waals surface area contributed by atoms with Crippen LogP contribution in [-0.2, 0) is 0 Å². The van der Waals surface area contributed by atoms with Crippen molar-refractivity contribution in [2.75, 3.05) is 26.5 Å². The highest BCUT2D eigenvalue weighted by molar-refractivity contribution is 7.99. The number of nitrogens with one attached hydrogen (secondary N) is 2. The van der Waals surface area contributed by atoms with Crippen LogP contribution in [0.1, 0.15) is 10.4 Å². The van der Waals surface area contributed by atoms with Crippen molar-refractivity contribution < 1.29 is 18.7 Å². The molecule has 8 heteroatoms. The van der Waals surface area contributed by atoms with Crippen molar-refractivity contribution in [1.29, 1.82) is 0 Å². The number of H-pyrrole nitrogens is 1. The number of hydrogen-bond acceptors (Lipinski definition) is 5. The first-order valence-electron chi connectivity index (χ1n) is 8.54. The average molecular weight is 401 g/mol. The summed E-state index contributed by atoms with van der Waals surface area (Å²) in [7, 11) is 3.08. The summed E-state index contributed by atoms with van der Waals surface area (Å²) >= 11 is 1.49. The van der Waals surface area contributed by atoms with E-state index in [0.717, 1.165) is 16.4 Å². The minimum Gasteiger partial charge on any atom is -0.497 e. The molecule has 0 aliphatic carbocycles. The van der Waals surface area contributed by atoms with Crippen molar-refractivity contribution in [2.45, 2.75) is 5.16 Å². The minimum atomic E-state index is -0.276. The van der Waals surface area contributed by atoms with E-state index in [0.29, 0.717) is 29.4 Å². The summed E-state index contributed by atoms with van der Waals surface area (Å²) in [5.74, 6) is 1.28. The van der Waals surface area contributed by atoms with Crippen LogP contribution in [-0.4, -0.2) is 42.4 Å². The smallest absolute Gasteiger partial charge is 0.251 e. The lowest BCUT2D eigenvalue weighted by molar-refractivity contribution is 0.0955. The molecule has 3 rings (SSSR count). The number of thioether (sulfide) groups is 1. The van der Waals surface area contributed by atoms with Gasteiger partial charge in [0.25, 0.3) is 5.91 Å². The van der Waals surface area contributed by atoms with Crippen LogP contribution in [0.25, 0.3) is 11.3 Å². The summed E-state index contributed by atoms with van der Waals surface area (Å²) in [5, 5.41) is 3.60. The fourth-order valence-corrected chi connectivity index (χ4v) is 3.21. The van der Waals surface area contributed by atoms with Crippen LogP contribution >= 0.6 is 11.8 Å². The Kier molecular flexibility index (Phi) is 6.54. The van der Waals surface area contributed by atoms with Gasteiger partial charge in [-0.1, -0.05) is 11.8 Å². The molecule has 0 atom stereocenters. The molecule has 1 aromatic heterocycles. The van der Waals surface area contributed by atoms with E-state index in [4.69, 9.17) is 9.47 Å². The number of aromatic nitrogens is 2. The highest BCUT2D eigenvalue weighted by Gasteiger charge is 2.10. The zero-order valence-electron chi connectivity index (χ0n) is 15.5. The number of imidazole rings is 1. The normalized spacial score (nSPS) is 10.5. The van der Waals surface area contributed by atoms with Gasteiger partial charge in [-0.3, -0.25) is 4.79 Å². The third-order valence-corrected chi connectivity index (χ3v) is 4.84. The Balaban J connectivity index is 1.51. The summed E-state index contributed by atoms with van der Waals surface area (Å²) in [6.45, 7) is 0.468. The number of methoxy groups -OCH3 is 2. The van der Waals surface area contributed by atoms with Gasteiger partial charge in [-0.15, -0.1) is 0 Å². The number of rotatable bonds is 8. The van der Waals surface area contributed by atoms with Crippen LogP contribution in [0.3, 0.4) is 0 Å². The Morgan fingerprint density at radius 3 is 2.46 bits per heavy atom. The van der Waals surface area contributed by atoms with Crippen molar-refractivity contribution in [3.63, 3.8) is 0 Å². The van der Waals surface area contributed by atoms with Gasteiger partial charge in [-0.05, 0) is 42.0 Å². The maximum absolute atomic E-state index is 13.0. The van der Waals surface area contributed by atoms with E-state index in [2.05, 4.69) is 15.3 Å². The number of benzene rings is 2. The van der Waals surface area contributed by atoms with Crippen LogP contribution in [0.5, 0.6) is 11.5 Å². The molecular weight excluding hydrogens is 381 g/mol. The summed E-state index contributed by atoms with van der Waals surface area (Å²) in [6.07, 6.45) is 1.71. The first kappa shape index (κ1) is 19.8. The second kappa shape index (κ2) is 9.27. The molecule has 0 fully saturated rings. The molecule has 2 N–H and O–H groups in total. The lowest BCUT2D eigenvalue weighted by Crippen LogP contribution is -2.25. The van der Waals surface area contributed by atoms with Gasteiger partial charge in [0.1, 0.15) is 17.3 Å². The number of carbonyl (C=O) groups is 1. The Morgan fingerprint density at radius 2 is 1.82 bits per heavy atom. The van der Waals surface area contributed by atoms with Gasteiger partial charge in [0.05, 0.1) is 26.1 Å². The van der Waals surface area contributed by atoms with Crippen molar-refractivity contribution in [3.05, 3.63) is 60.0 Å². The average Bonchev–Trinajstić information content (AvgIpc) is 3.20. The summed E-state index contributed by atoms with van der Waals surface area (Å²) in [6, 6.07) is 11.2. The quantitative estimate of drug-likeness (QED) is 0.444. The molecule has 1 heterocycles. The Hall–Kier alpha value is -3.00. The molecule has 0 unspecified atom stereocenters. The van der Waals surface area contributed by atoms with E-state index in [1.165, 1.54) is 38.1 Å². The summed E-state index contributed by atoms with van der Waals surface area (Å²) < 4.78 is 23.4. The van der Waals surface area contributed by atoms with Crippen LogP contribution < -0.4 is 14.8 Å². The first-order chi connectivity index (χ1) is 13.6. The second-order valence-electron chi connectivity index (χ2n) is 5.81. The molecular formula is C20H20FN3O3S. The highest BCUT2D eigenvalue weighted by Crippen LogP contribution is 2.23. The SMILES string of the molecule is COc1cc(OC)cc(C(=O)NCCSc2ncc(-c3ccc(F)cc3)[nH]2)c1. The lowest BCUT2D eigenvalue weighted by Gasteiger charge is -2.09. The van der Waals surface area contributed by atoms with Gasteiger partial charge in [-0.2, -0.15) is 0 Å². The van der Waals surface area contributed by atoms with Gasteiger partial charge in [0.15, 0.2) is 5.16 Å². The molecule has 1 amide bonds. The van der Waals surface area contributed by atoms with Gasteiger partial charge in [0.2, 0.25) is 0 Å². The van der Waals surface area contributed by atoms with Gasteiger partial charge >= 0.3 is 0 Å². The summed E-state index contributed by atoms with van der Waals surface area (Å²) in [4.78, 5) is 19.8. The number of carbonyl (C=O) groups excluding carboxylic acids is 1. The van der Waals surface area contributed by atoms with Crippen LogP contribution in [0.4, 0.5) is 4.39 Å². The fourth-order valence-electron chi connectivity index (χ4n) is 2.51. The molecule has 0 spiro atoms. The van der Waals surface area contributed by atoms with Crippen molar-refractivity contribution in [3.8, 4) is 22.8 Å². The zero-order valence-corrected chi connectivity index (χ0v) is 16.3. The largest absolute Gasteiger partial charge is 0.497 e. The molecule has 28 heavy (non-hydrogen) atoms. The number of ether oxygens (including phenoxy) is 2. The zero-order chi connectivity index (χ0) is 19.9. The number of halogens is 1. The molecule has 0 aliphatic rings. The van der Waals surface area contributed by atoms with Crippen molar-refractivity contribution in [2.24, 2.45) is 0 Å². The Bertz CT molecular complexity index is 922. The predicted octanol–water partition coefficient (Wildman–Crippen LogP) is 3.76. The molecule has 0 radical (unpaired) electrons. The number of aromatic amines is 1. The molecule has 0 aliphatic heterocycles. The van der Waals surface area contributed by atoms with Crippen LogP contribution in [0.15, 0.2) is 53.8 Å². The van der Waals surface area contributed by atoms with Gasteiger partial charge in [0, 0.05) is 23.9 Å². The third-order valence-electron chi connectivity index (χ3n) is 3.95. The van der Waals surface area contributed by atoms with E-state index in [-0.39, 0.29) is 11.7 Å². The minimum absolute atomic E-state index is 0.204. The number of nitrogens with zero attached hydrogens (tertiary/aromatic N) is 1. The van der Waals surface area contributed by atoms with Crippen molar-refractivity contribution >= 4 is 17.7 Å². The predicted molar refractivity (Wildman–Crippen MR) is 107 cm³/mol. The molecule has 0 bridgehead atoms. The van der Waals surface area contributed by atoms with E-state index in [1.807, 2.05) is 0 Å². The maximum Gasteiger partial charge on any atom is 0.251 e. The Labute approximate surface area is 166 Å². The Morgan fingerprint density at radius 1 is 1.14 bits per heavy atom. The van der Waals surface area contributed by atoms with E-state index >= 15 is 0 Å². The molecule has 6 nitrogen and oxygen atoms in total.